The number of para-hydroxylation sites is 3. The molecule has 0 atom stereocenters. The van der Waals surface area contributed by atoms with Crippen molar-refractivity contribution in [3.63, 3.8) is 0 Å². The lowest BCUT2D eigenvalue weighted by Gasteiger charge is -2.14. The molecule has 0 radical (unpaired) electrons. The van der Waals surface area contributed by atoms with Crippen LogP contribution in [0.15, 0.2) is 182 Å². The van der Waals surface area contributed by atoms with Gasteiger partial charge in [0.05, 0.1) is 33.6 Å². The number of aromatic nitrogens is 4. The number of pyridine rings is 1. The van der Waals surface area contributed by atoms with Crippen LogP contribution in [0.25, 0.3) is 94.3 Å². The van der Waals surface area contributed by atoms with Gasteiger partial charge in [0.15, 0.2) is 5.82 Å². The van der Waals surface area contributed by atoms with Crippen LogP contribution in [0.5, 0.6) is 0 Å². The van der Waals surface area contributed by atoms with E-state index >= 15 is 0 Å². The molecule has 0 N–H and O–H groups in total. The summed E-state index contributed by atoms with van der Waals surface area (Å²) >= 11 is 0. The Morgan fingerprint density at radius 3 is 1.75 bits per heavy atom. The van der Waals surface area contributed by atoms with Gasteiger partial charge in [0.2, 0.25) is 0 Å². The third kappa shape index (κ3) is 4.88. The first-order valence-corrected chi connectivity index (χ1v) is 17.2. The van der Waals surface area contributed by atoms with Crippen LogP contribution < -0.4 is 0 Å². The fourth-order valence-corrected chi connectivity index (χ4v) is 7.46. The van der Waals surface area contributed by atoms with E-state index in [1.54, 1.807) is 0 Å². The van der Waals surface area contributed by atoms with Crippen LogP contribution in [0.4, 0.5) is 0 Å². The highest BCUT2D eigenvalue weighted by Gasteiger charge is 2.20. The van der Waals surface area contributed by atoms with Gasteiger partial charge in [-0.25, -0.2) is 15.0 Å². The highest BCUT2D eigenvalue weighted by molar-refractivity contribution is 6.28. The molecule has 0 aliphatic rings. The molecule has 10 rings (SSSR count). The molecular formula is C47H30N4. The topological polar surface area (TPSA) is 43.6 Å². The van der Waals surface area contributed by atoms with Crippen molar-refractivity contribution in [3.8, 4) is 50.8 Å². The Hall–Kier alpha value is -6.91. The number of fused-ring (bicyclic) bond motifs is 7. The summed E-state index contributed by atoms with van der Waals surface area (Å²) in [4.78, 5) is 15.6. The van der Waals surface area contributed by atoms with Gasteiger partial charge in [-0.3, -0.25) is 0 Å². The Kier molecular flexibility index (Phi) is 6.78. The number of hydrogen-bond acceptors (Lipinski definition) is 3. The standard InChI is InChI=1S/C47H30N4/c1-4-15-31(16-5-1)40-30-41(50-47(49-40)32-17-6-2-7-18-32)33-19-14-20-34(29-33)46-45-37(36-23-10-12-25-39(36)48-46)27-28-43-44(45)38-24-11-13-26-42(38)51(43)35-21-8-3-9-22-35/h1-30H. The van der Waals surface area contributed by atoms with Crippen LogP contribution in [0.1, 0.15) is 0 Å². The Morgan fingerprint density at radius 1 is 0.353 bits per heavy atom. The lowest BCUT2D eigenvalue weighted by molar-refractivity contribution is 1.18. The number of rotatable bonds is 5. The Bertz CT molecular complexity index is 2840. The van der Waals surface area contributed by atoms with Crippen molar-refractivity contribution < 1.29 is 0 Å². The maximum Gasteiger partial charge on any atom is 0.160 e. The van der Waals surface area contributed by atoms with Crippen LogP contribution >= 0.6 is 0 Å². The summed E-state index contributed by atoms with van der Waals surface area (Å²) in [5.41, 5.74) is 11.2. The zero-order valence-corrected chi connectivity index (χ0v) is 27.6. The van der Waals surface area contributed by atoms with Crippen molar-refractivity contribution in [2.45, 2.75) is 0 Å². The van der Waals surface area contributed by atoms with Crippen molar-refractivity contribution >= 4 is 43.5 Å². The van der Waals surface area contributed by atoms with E-state index in [4.69, 9.17) is 15.0 Å². The third-order valence-electron chi connectivity index (χ3n) is 9.78. The van der Waals surface area contributed by atoms with Crippen molar-refractivity contribution in [2.75, 3.05) is 0 Å². The number of nitrogens with zero attached hydrogens (tertiary/aromatic N) is 4. The minimum atomic E-state index is 0.696. The summed E-state index contributed by atoms with van der Waals surface area (Å²) in [6, 6.07) is 63.6. The van der Waals surface area contributed by atoms with Gasteiger partial charge in [0.1, 0.15) is 0 Å². The SMILES string of the molecule is c1ccc(-c2cc(-c3cccc(-c4nc5ccccc5c5ccc6c(c7ccccc7n6-c6ccccc6)c45)c3)nc(-c3ccccc3)n2)cc1. The second-order valence-electron chi connectivity index (χ2n) is 12.8. The molecule has 0 spiro atoms. The minimum Gasteiger partial charge on any atom is -0.309 e. The number of benzene rings is 7. The molecule has 0 saturated heterocycles. The van der Waals surface area contributed by atoms with Gasteiger partial charge in [-0.2, -0.15) is 0 Å². The second-order valence-corrected chi connectivity index (χ2v) is 12.8. The molecule has 4 heteroatoms. The van der Waals surface area contributed by atoms with E-state index < -0.39 is 0 Å². The molecule has 3 heterocycles. The maximum atomic E-state index is 5.44. The summed E-state index contributed by atoms with van der Waals surface area (Å²) < 4.78 is 2.37. The molecule has 4 nitrogen and oxygen atoms in total. The molecule has 0 saturated carbocycles. The summed E-state index contributed by atoms with van der Waals surface area (Å²) in [6.07, 6.45) is 0. The molecule has 3 aromatic heterocycles. The fourth-order valence-electron chi connectivity index (χ4n) is 7.46. The Balaban J connectivity index is 1.26. The molecule has 10 aromatic rings. The smallest absolute Gasteiger partial charge is 0.160 e. The van der Waals surface area contributed by atoms with E-state index in [1.807, 2.05) is 36.4 Å². The second kappa shape index (κ2) is 11.9. The van der Waals surface area contributed by atoms with Crippen LogP contribution in [-0.2, 0) is 0 Å². The van der Waals surface area contributed by atoms with Crippen LogP contribution in [0, 0.1) is 0 Å². The first-order valence-electron chi connectivity index (χ1n) is 17.2. The van der Waals surface area contributed by atoms with Crippen LogP contribution in [0.2, 0.25) is 0 Å². The summed E-state index contributed by atoms with van der Waals surface area (Å²) in [5, 5.41) is 5.87. The monoisotopic (exact) mass is 650 g/mol. The highest BCUT2D eigenvalue weighted by Crippen LogP contribution is 2.43. The molecular weight excluding hydrogens is 621 g/mol. The molecule has 0 fully saturated rings. The van der Waals surface area contributed by atoms with E-state index in [9.17, 15) is 0 Å². The minimum absolute atomic E-state index is 0.696. The normalized spacial score (nSPS) is 11.5. The Labute approximate surface area is 295 Å². The van der Waals surface area contributed by atoms with E-state index in [2.05, 4.69) is 150 Å². The zero-order valence-electron chi connectivity index (χ0n) is 27.6. The van der Waals surface area contributed by atoms with E-state index in [0.717, 1.165) is 66.8 Å². The van der Waals surface area contributed by atoms with Gasteiger partial charge in [-0.05, 0) is 47.9 Å². The summed E-state index contributed by atoms with van der Waals surface area (Å²) in [5.74, 6) is 0.696. The Morgan fingerprint density at radius 2 is 0.961 bits per heavy atom. The average molecular weight is 651 g/mol. The highest BCUT2D eigenvalue weighted by atomic mass is 15.0. The van der Waals surface area contributed by atoms with Crippen molar-refractivity contribution in [1.29, 1.82) is 0 Å². The van der Waals surface area contributed by atoms with Gasteiger partial charge in [-0.15, -0.1) is 0 Å². The predicted molar refractivity (Wildman–Crippen MR) is 211 cm³/mol. The molecule has 0 bridgehead atoms. The first-order chi connectivity index (χ1) is 25.3. The van der Waals surface area contributed by atoms with Crippen molar-refractivity contribution in [1.82, 2.24) is 19.5 Å². The van der Waals surface area contributed by atoms with Crippen LogP contribution in [-0.4, -0.2) is 19.5 Å². The van der Waals surface area contributed by atoms with E-state index in [0.29, 0.717) is 5.82 Å². The summed E-state index contributed by atoms with van der Waals surface area (Å²) in [6.45, 7) is 0. The quantitative estimate of drug-likeness (QED) is 0.174. The molecule has 51 heavy (non-hydrogen) atoms. The lowest BCUT2D eigenvalue weighted by atomic mass is 9.95. The van der Waals surface area contributed by atoms with E-state index in [-0.39, 0.29) is 0 Å². The van der Waals surface area contributed by atoms with Crippen molar-refractivity contribution in [2.24, 2.45) is 0 Å². The lowest BCUT2D eigenvalue weighted by Crippen LogP contribution is -1.96. The molecule has 0 unspecified atom stereocenters. The van der Waals surface area contributed by atoms with Gasteiger partial charge in [0.25, 0.3) is 0 Å². The largest absolute Gasteiger partial charge is 0.309 e. The van der Waals surface area contributed by atoms with Crippen LogP contribution in [0.3, 0.4) is 0 Å². The molecule has 0 amide bonds. The van der Waals surface area contributed by atoms with E-state index in [1.165, 1.54) is 21.7 Å². The van der Waals surface area contributed by atoms with Gasteiger partial charge in [-0.1, -0.05) is 140 Å². The van der Waals surface area contributed by atoms with Crippen molar-refractivity contribution in [3.05, 3.63) is 182 Å². The van der Waals surface area contributed by atoms with Gasteiger partial charge < -0.3 is 4.57 Å². The van der Waals surface area contributed by atoms with Gasteiger partial charge in [0, 0.05) is 49.5 Å². The van der Waals surface area contributed by atoms with Gasteiger partial charge >= 0.3 is 0 Å². The fraction of sp³-hybridized carbons (Fsp3) is 0. The average Bonchev–Trinajstić information content (AvgIpc) is 3.56. The molecule has 0 aliphatic carbocycles. The first kappa shape index (κ1) is 29.0. The zero-order chi connectivity index (χ0) is 33.7. The number of hydrogen-bond donors (Lipinski definition) is 0. The molecule has 7 aromatic carbocycles. The predicted octanol–water partition coefficient (Wildman–Crippen LogP) is 11.9. The summed E-state index contributed by atoms with van der Waals surface area (Å²) in [7, 11) is 0. The third-order valence-corrected chi connectivity index (χ3v) is 9.78. The molecule has 238 valence electrons. The molecule has 0 aliphatic heterocycles. The maximum absolute atomic E-state index is 5.44.